The molecule has 3 N–H and O–H groups in total. The Morgan fingerprint density at radius 1 is 1.14 bits per heavy atom. The van der Waals surface area contributed by atoms with E-state index in [0.717, 1.165) is 0 Å². The third-order valence-electron chi connectivity index (χ3n) is 2.57. The summed E-state index contributed by atoms with van der Waals surface area (Å²) in [4.78, 5) is 22.4. The van der Waals surface area contributed by atoms with Crippen molar-refractivity contribution in [1.82, 2.24) is 5.43 Å². The summed E-state index contributed by atoms with van der Waals surface area (Å²) in [7, 11) is 0. The highest BCUT2D eigenvalue weighted by Gasteiger charge is 2.11. The second-order valence-corrected chi connectivity index (χ2v) is 4.58. The topological polar surface area (TPSA) is 93.8 Å². The van der Waals surface area contributed by atoms with E-state index in [0.29, 0.717) is 21.9 Å². The molecule has 7 heteroatoms. The lowest BCUT2D eigenvalue weighted by Gasteiger charge is -2.05. The molecule has 0 saturated carbocycles. The Labute approximate surface area is 131 Å². The summed E-state index contributed by atoms with van der Waals surface area (Å²) in [6, 6.07) is 12.4. The zero-order valence-electron chi connectivity index (χ0n) is 11.3. The van der Waals surface area contributed by atoms with E-state index in [-0.39, 0.29) is 0 Å². The third-order valence-corrected chi connectivity index (χ3v) is 2.90. The van der Waals surface area contributed by atoms with Gasteiger partial charge < -0.3 is 10.5 Å². The number of hydrogen-bond donors (Lipinski definition) is 2. The van der Waals surface area contributed by atoms with Crippen molar-refractivity contribution in [2.75, 3.05) is 0 Å². The summed E-state index contributed by atoms with van der Waals surface area (Å²) < 4.78 is 5.22. The molecule has 0 atom stereocenters. The lowest BCUT2D eigenvalue weighted by molar-refractivity contribution is 0.0735. The van der Waals surface area contributed by atoms with E-state index in [9.17, 15) is 9.59 Å². The van der Waals surface area contributed by atoms with Crippen LogP contribution in [0.2, 0.25) is 5.02 Å². The molecule has 0 aliphatic rings. The minimum Gasteiger partial charge on any atom is -0.423 e. The number of nitrogens with one attached hydrogen (secondary N) is 1. The van der Waals surface area contributed by atoms with Crippen molar-refractivity contribution in [2.45, 2.75) is 0 Å². The van der Waals surface area contributed by atoms with Gasteiger partial charge in [-0.25, -0.2) is 15.0 Å². The SMILES string of the molecule is NC(=O)NN=Cc1ccc(OC(=O)c2ccccc2Cl)cc1. The molecular formula is C15H12ClN3O3. The lowest BCUT2D eigenvalue weighted by atomic mass is 10.2. The number of carbonyl (C=O) groups is 2. The predicted molar refractivity (Wildman–Crippen MR) is 83.2 cm³/mol. The fraction of sp³-hybridized carbons (Fsp3) is 0. The van der Waals surface area contributed by atoms with Crippen LogP contribution in [0.1, 0.15) is 15.9 Å². The molecule has 0 spiro atoms. The number of carbonyl (C=O) groups excluding carboxylic acids is 2. The summed E-state index contributed by atoms with van der Waals surface area (Å²) in [5, 5.41) is 3.94. The number of nitrogens with zero attached hydrogens (tertiary/aromatic N) is 1. The van der Waals surface area contributed by atoms with Gasteiger partial charge in [-0.05, 0) is 42.0 Å². The molecule has 0 aliphatic carbocycles. The molecule has 2 aromatic rings. The summed E-state index contributed by atoms with van der Waals surface area (Å²) in [5.41, 5.74) is 7.94. The van der Waals surface area contributed by atoms with E-state index < -0.39 is 12.0 Å². The monoisotopic (exact) mass is 317 g/mol. The molecule has 112 valence electrons. The number of amides is 2. The maximum Gasteiger partial charge on any atom is 0.345 e. The molecule has 0 aromatic heterocycles. The van der Waals surface area contributed by atoms with Crippen molar-refractivity contribution >= 4 is 29.8 Å². The van der Waals surface area contributed by atoms with Gasteiger partial charge in [0.25, 0.3) is 0 Å². The van der Waals surface area contributed by atoms with E-state index in [1.54, 1.807) is 48.5 Å². The molecule has 0 saturated heterocycles. The standard InChI is InChI=1S/C15H12ClN3O3/c16-13-4-2-1-3-12(13)14(20)22-11-7-5-10(6-8-11)9-18-19-15(17)21/h1-9H,(H3,17,19,21). The largest absolute Gasteiger partial charge is 0.423 e. The molecule has 0 bridgehead atoms. The van der Waals surface area contributed by atoms with Crippen LogP contribution in [0, 0.1) is 0 Å². The Morgan fingerprint density at radius 3 is 2.45 bits per heavy atom. The zero-order chi connectivity index (χ0) is 15.9. The van der Waals surface area contributed by atoms with Gasteiger partial charge in [0.2, 0.25) is 0 Å². The molecule has 0 radical (unpaired) electrons. The Morgan fingerprint density at radius 2 is 1.82 bits per heavy atom. The highest BCUT2D eigenvalue weighted by atomic mass is 35.5. The molecule has 2 amide bonds. The number of primary amides is 1. The zero-order valence-corrected chi connectivity index (χ0v) is 12.1. The van der Waals surface area contributed by atoms with Crippen LogP contribution in [0.3, 0.4) is 0 Å². The van der Waals surface area contributed by atoms with Crippen molar-refractivity contribution in [1.29, 1.82) is 0 Å². The van der Waals surface area contributed by atoms with Gasteiger partial charge in [0.15, 0.2) is 0 Å². The predicted octanol–water partition coefficient (Wildman–Crippen LogP) is 2.56. The Hall–Kier alpha value is -2.86. The second-order valence-electron chi connectivity index (χ2n) is 4.17. The first-order chi connectivity index (χ1) is 10.6. The Kier molecular flexibility index (Phi) is 5.11. The van der Waals surface area contributed by atoms with E-state index >= 15 is 0 Å². The highest BCUT2D eigenvalue weighted by molar-refractivity contribution is 6.33. The first kappa shape index (κ1) is 15.5. The van der Waals surface area contributed by atoms with Crippen molar-refractivity contribution in [2.24, 2.45) is 10.8 Å². The maximum atomic E-state index is 12.0. The van der Waals surface area contributed by atoms with Gasteiger partial charge in [-0.15, -0.1) is 0 Å². The number of halogens is 1. The van der Waals surface area contributed by atoms with Crippen LogP contribution < -0.4 is 15.9 Å². The van der Waals surface area contributed by atoms with Gasteiger partial charge >= 0.3 is 12.0 Å². The number of urea groups is 1. The van der Waals surface area contributed by atoms with Gasteiger partial charge in [0.05, 0.1) is 16.8 Å². The number of hydrogen-bond acceptors (Lipinski definition) is 4. The van der Waals surface area contributed by atoms with Crippen LogP contribution in [0.25, 0.3) is 0 Å². The minimum absolute atomic E-state index is 0.292. The molecule has 22 heavy (non-hydrogen) atoms. The number of rotatable bonds is 4. The van der Waals surface area contributed by atoms with Crippen molar-refractivity contribution in [3.05, 3.63) is 64.7 Å². The van der Waals surface area contributed by atoms with E-state index in [1.165, 1.54) is 6.21 Å². The van der Waals surface area contributed by atoms with Crippen LogP contribution >= 0.6 is 11.6 Å². The quantitative estimate of drug-likeness (QED) is 0.393. The number of nitrogens with two attached hydrogens (primary N) is 1. The van der Waals surface area contributed by atoms with Crippen LogP contribution in [0.4, 0.5) is 4.79 Å². The lowest BCUT2D eigenvalue weighted by Crippen LogP contribution is -2.24. The molecule has 6 nitrogen and oxygen atoms in total. The first-order valence-corrected chi connectivity index (χ1v) is 6.59. The fourth-order valence-corrected chi connectivity index (χ4v) is 1.79. The summed E-state index contributed by atoms with van der Waals surface area (Å²) >= 11 is 5.93. The van der Waals surface area contributed by atoms with Crippen LogP contribution in [-0.2, 0) is 0 Å². The fourth-order valence-electron chi connectivity index (χ4n) is 1.58. The van der Waals surface area contributed by atoms with E-state index in [4.69, 9.17) is 22.1 Å². The number of esters is 1. The summed E-state index contributed by atoms with van der Waals surface area (Å²) in [5.74, 6) is -0.174. The second kappa shape index (κ2) is 7.24. The highest BCUT2D eigenvalue weighted by Crippen LogP contribution is 2.18. The van der Waals surface area contributed by atoms with Gasteiger partial charge in [0, 0.05) is 0 Å². The summed E-state index contributed by atoms with van der Waals surface area (Å²) in [6.45, 7) is 0. The van der Waals surface area contributed by atoms with E-state index in [2.05, 4.69) is 10.5 Å². The molecule has 0 heterocycles. The number of hydrazone groups is 1. The van der Waals surface area contributed by atoms with Gasteiger partial charge in [0.1, 0.15) is 5.75 Å². The number of ether oxygens (including phenoxy) is 1. The number of benzene rings is 2. The summed E-state index contributed by atoms with van der Waals surface area (Å²) in [6.07, 6.45) is 1.41. The Bertz CT molecular complexity index is 714. The molecule has 0 unspecified atom stereocenters. The molecule has 2 rings (SSSR count). The molecular weight excluding hydrogens is 306 g/mol. The third kappa shape index (κ3) is 4.32. The van der Waals surface area contributed by atoms with Gasteiger partial charge in [-0.2, -0.15) is 5.10 Å². The van der Waals surface area contributed by atoms with Crippen molar-refractivity contribution in [3.8, 4) is 5.75 Å². The average molecular weight is 318 g/mol. The van der Waals surface area contributed by atoms with Gasteiger partial charge in [-0.3, -0.25) is 0 Å². The van der Waals surface area contributed by atoms with Crippen LogP contribution in [0.5, 0.6) is 5.75 Å². The minimum atomic E-state index is -0.749. The van der Waals surface area contributed by atoms with Crippen molar-refractivity contribution in [3.63, 3.8) is 0 Å². The maximum absolute atomic E-state index is 12.0. The van der Waals surface area contributed by atoms with Crippen LogP contribution in [-0.4, -0.2) is 18.2 Å². The molecule has 2 aromatic carbocycles. The Balaban J connectivity index is 2.02. The van der Waals surface area contributed by atoms with Crippen LogP contribution in [0.15, 0.2) is 53.6 Å². The smallest absolute Gasteiger partial charge is 0.345 e. The normalized spacial score (nSPS) is 10.4. The van der Waals surface area contributed by atoms with E-state index in [1.807, 2.05) is 0 Å². The van der Waals surface area contributed by atoms with Gasteiger partial charge in [-0.1, -0.05) is 23.7 Å². The average Bonchev–Trinajstić information content (AvgIpc) is 2.49. The first-order valence-electron chi connectivity index (χ1n) is 6.21. The molecule has 0 fully saturated rings. The molecule has 0 aliphatic heterocycles. The van der Waals surface area contributed by atoms with Crippen molar-refractivity contribution < 1.29 is 14.3 Å².